The lowest BCUT2D eigenvalue weighted by Crippen LogP contribution is -2.66. The van der Waals surface area contributed by atoms with Gasteiger partial charge in [0.2, 0.25) is 9.84 Å². The van der Waals surface area contributed by atoms with Gasteiger partial charge in [-0.3, -0.25) is 0 Å². The van der Waals surface area contributed by atoms with E-state index in [9.17, 15) is 13.5 Å². The molecule has 6 nitrogen and oxygen atoms in total. The number of ether oxygens (including phenoxy) is 2. The van der Waals surface area contributed by atoms with Crippen molar-refractivity contribution < 1.29 is 36.2 Å². The highest BCUT2D eigenvalue weighted by atomic mass is 32.2. The largest absolute Gasteiger partial charge is 0.414 e. The van der Waals surface area contributed by atoms with Crippen LogP contribution in [0.25, 0.3) is 0 Å². The van der Waals surface area contributed by atoms with Gasteiger partial charge in [-0.05, 0) is 58.0 Å². The minimum atomic E-state index is -5.33. The second kappa shape index (κ2) is 9.37. The van der Waals surface area contributed by atoms with Gasteiger partial charge in [-0.2, -0.15) is 8.78 Å². The van der Waals surface area contributed by atoms with Crippen LogP contribution in [0.5, 0.6) is 0 Å². The molecule has 1 saturated heterocycles. The van der Waals surface area contributed by atoms with Crippen LogP contribution >= 0.6 is 0 Å². The summed E-state index contributed by atoms with van der Waals surface area (Å²) in [6.07, 6.45) is -1.29. The summed E-state index contributed by atoms with van der Waals surface area (Å²) >= 11 is 0. The Labute approximate surface area is 203 Å². The second-order valence-corrected chi connectivity index (χ2v) is 17.9. The average molecular weight is 521 g/mol. The van der Waals surface area contributed by atoms with Gasteiger partial charge in [0.15, 0.2) is 19.7 Å². The molecule has 3 atom stereocenters. The Hall–Kier alpha value is -1.17. The van der Waals surface area contributed by atoms with Gasteiger partial charge in [-0.25, -0.2) is 8.42 Å². The number of alkyl halides is 2. The van der Waals surface area contributed by atoms with Crippen LogP contribution in [-0.2, 0) is 23.7 Å². The van der Waals surface area contributed by atoms with Gasteiger partial charge in [-0.15, -0.1) is 0 Å². The van der Waals surface area contributed by atoms with Crippen molar-refractivity contribution in [3.05, 3.63) is 42.0 Å². The lowest BCUT2D eigenvalue weighted by Gasteiger charge is -2.44. The van der Waals surface area contributed by atoms with E-state index in [1.807, 2.05) is 33.9 Å². The summed E-state index contributed by atoms with van der Waals surface area (Å²) in [6, 6.07) is 6.35. The standard InChI is InChI=1S/C24H38F2O6SSi/c1-17(2)15-19-20(32-22(6,7)31-19)23(27,16-30-34(8,9)21(3,4)5)24(25,26)33(28,29)18-13-11-10-12-14-18/h10-15,19-20,27H,16H2,1-9H3/t19-,20-,23+/m0/s1. The van der Waals surface area contributed by atoms with Crippen molar-refractivity contribution in [3.8, 4) is 0 Å². The van der Waals surface area contributed by atoms with E-state index >= 15 is 8.78 Å². The fourth-order valence-corrected chi connectivity index (χ4v) is 5.89. The van der Waals surface area contributed by atoms with Crippen LogP contribution in [0.1, 0.15) is 48.5 Å². The molecule has 0 bridgehead atoms. The topological polar surface area (TPSA) is 82.1 Å². The Morgan fingerprint density at radius 1 is 1.15 bits per heavy atom. The summed E-state index contributed by atoms with van der Waals surface area (Å²) in [5.74, 6) is -1.33. The Kier molecular flexibility index (Phi) is 8.00. The zero-order valence-electron chi connectivity index (χ0n) is 21.5. The van der Waals surface area contributed by atoms with E-state index in [0.717, 1.165) is 17.7 Å². The average Bonchev–Trinajstić information content (AvgIpc) is 2.99. The number of rotatable bonds is 8. The van der Waals surface area contributed by atoms with Crippen molar-refractivity contribution in [1.82, 2.24) is 0 Å². The fraction of sp³-hybridized carbons (Fsp3) is 0.667. The molecule has 1 aromatic carbocycles. The van der Waals surface area contributed by atoms with Gasteiger partial charge in [-0.1, -0.05) is 50.6 Å². The van der Waals surface area contributed by atoms with Crippen LogP contribution in [0, 0.1) is 0 Å². The fourth-order valence-electron chi connectivity index (χ4n) is 3.43. The molecule has 0 aliphatic carbocycles. The molecule has 34 heavy (non-hydrogen) atoms. The zero-order valence-corrected chi connectivity index (χ0v) is 23.3. The van der Waals surface area contributed by atoms with Gasteiger partial charge in [0.1, 0.15) is 12.2 Å². The molecule has 0 radical (unpaired) electrons. The SMILES string of the molecule is CC(C)=C[C@@H]1OC(C)(C)O[C@@H]1[C@](O)(CO[Si](C)(C)C(C)(C)C)C(F)(F)S(=O)(=O)c1ccccc1. The predicted octanol–water partition coefficient (Wildman–Crippen LogP) is 5.29. The predicted molar refractivity (Wildman–Crippen MR) is 130 cm³/mol. The summed E-state index contributed by atoms with van der Waals surface area (Å²) in [4.78, 5) is -0.609. The van der Waals surface area contributed by atoms with Gasteiger partial charge in [0.25, 0.3) is 0 Å². The molecule has 0 amide bonds. The first-order chi connectivity index (χ1) is 15.2. The molecule has 0 unspecified atom stereocenters. The summed E-state index contributed by atoms with van der Waals surface area (Å²) in [5, 5.41) is 6.69. The third kappa shape index (κ3) is 5.47. The molecule has 1 heterocycles. The minimum absolute atomic E-state index is 0.368. The van der Waals surface area contributed by atoms with E-state index in [0.29, 0.717) is 0 Å². The summed E-state index contributed by atoms with van der Waals surface area (Å²) in [7, 11) is -8.00. The van der Waals surface area contributed by atoms with Gasteiger partial charge < -0.3 is 19.0 Å². The zero-order chi connectivity index (χ0) is 26.4. The third-order valence-corrected chi connectivity index (χ3v) is 12.9. The second-order valence-electron chi connectivity index (χ2n) is 11.1. The first-order valence-corrected chi connectivity index (χ1v) is 15.6. The van der Waals surface area contributed by atoms with Crippen LogP contribution in [0.4, 0.5) is 8.78 Å². The van der Waals surface area contributed by atoms with Crippen molar-refractivity contribution in [2.75, 3.05) is 6.61 Å². The molecule has 194 valence electrons. The quantitative estimate of drug-likeness (QED) is 0.370. The van der Waals surface area contributed by atoms with Gasteiger partial charge in [0.05, 0.1) is 11.5 Å². The molecule has 1 aliphatic heterocycles. The molecule has 1 fully saturated rings. The molecule has 1 N–H and O–H groups in total. The molecule has 1 aliphatic rings. The van der Waals surface area contributed by atoms with Crippen molar-refractivity contribution in [2.24, 2.45) is 0 Å². The number of benzene rings is 1. The highest BCUT2D eigenvalue weighted by Gasteiger charge is 2.70. The van der Waals surface area contributed by atoms with E-state index in [4.69, 9.17) is 13.9 Å². The smallest absolute Gasteiger partial charge is 0.382 e. The molecule has 1 aromatic rings. The molecular weight excluding hydrogens is 482 g/mol. The lowest BCUT2D eigenvalue weighted by molar-refractivity contribution is -0.225. The van der Waals surface area contributed by atoms with Crippen molar-refractivity contribution in [2.45, 2.75) is 100 Å². The van der Waals surface area contributed by atoms with Crippen molar-refractivity contribution in [1.29, 1.82) is 0 Å². The monoisotopic (exact) mass is 520 g/mol. The van der Waals surface area contributed by atoms with Gasteiger partial charge >= 0.3 is 5.25 Å². The van der Waals surface area contributed by atoms with Crippen LogP contribution in [0.3, 0.4) is 0 Å². The van der Waals surface area contributed by atoms with Crippen molar-refractivity contribution in [3.63, 3.8) is 0 Å². The Morgan fingerprint density at radius 2 is 1.68 bits per heavy atom. The van der Waals surface area contributed by atoms with E-state index in [1.54, 1.807) is 19.9 Å². The Bertz CT molecular complexity index is 998. The number of aliphatic hydroxyl groups is 1. The molecule has 2 rings (SSSR count). The maximum atomic E-state index is 16.2. The number of allylic oxidation sites excluding steroid dienone is 1. The van der Waals surface area contributed by atoms with Crippen LogP contribution in [-0.4, -0.2) is 57.3 Å². The van der Waals surface area contributed by atoms with Crippen molar-refractivity contribution >= 4 is 18.2 Å². The van der Waals surface area contributed by atoms with E-state index in [2.05, 4.69) is 0 Å². The molecular formula is C24H38F2O6SSi. The summed E-state index contributed by atoms with van der Waals surface area (Å²) in [5.41, 5.74) is -2.51. The highest BCUT2D eigenvalue weighted by molar-refractivity contribution is 7.92. The van der Waals surface area contributed by atoms with E-state index in [-0.39, 0.29) is 5.04 Å². The molecule has 0 saturated carbocycles. The Morgan fingerprint density at radius 3 is 2.15 bits per heavy atom. The van der Waals surface area contributed by atoms with Crippen LogP contribution < -0.4 is 0 Å². The maximum Gasteiger partial charge on any atom is 0.382 e. The number of hydrogen-bond acceptors (Lipinski definition) is 6. The maximum absolute atomic E-state index is 16.2. The number of halogens is 2. The first kappa shape index (κ1) is 29.1. The van der Waals surface area contributed by atoms with Crippen LogP contribution in [0.2, 0.25) is 18.1 Å². The number of sulfone groups is 1. The molecule has 0 aromatic heterocycles. The summed E-state index contributed by atoms with van der Waals surface area (Å²) < 4.78 is 76.3. The highest BCUT2D eigenvalue weighted by Crippen LogP contribution is 2.48. The van der Waals surface area contributed by atoms with Crippen LogP contribution in [0.15, 0.2) is 46.9 Å². The normalized spacial score (nSPS) is 23.4. The molecule has 10 heteroatoms. The Balaban J connectivity index is 2.69. The number of hydrogen-bond donors (Lipinski definition) is 1. The first-order valence-electron chi connectivity index (χ1n) is 11.2. The van der Waals surface area contributed by atoms with Gasteiger partial charge in [0, 0.05) is 0 Å². The molecule has 0 spiro atoms. The summed E-state index contributed by atoms with van der Waals surface area (Å²) in [6.45, 7) is 15.0. The lowest BCUT2D eigenvalue weighted by atomic mass is 9.92. The third-order valence-electron chi connectivity index (χ3n) is 6.45. The van der Waals surface area contributed by atoms with E-state index in [1.165, 1.54) is 32.0 Å². The minimum Gasteiger partial charge on any atom is -0.414 e. The van der Waals surface area contributed by atoms with E-state index < -0.39 is 58.5 Å².